The van der Waals surface area contributed by atoms with Gasteiger partial charge in [0.15, 0.2) is 11.5 Å². The Bertz CT molecular complexity index is 927. The minimum Gasteiger partial charge on any atom is -0.504 e. The molecule has 9 nitrogen and oxygen atoms in total. The van der Waals surface area contributed by atoms with Crippen molar-refractivity contribution >= 4 is 17.5 Å². The van der Waals surface area contributed by atoms with E-state index in [-0.39, 0.29) is 28.6 Å². The number of carbonyl (C=O) groups is 1. The lowest BCUT2D eigenvalue weighted by atomic mass is 10.1. The molecule has 0 spiro atoms. The number of phenolic OH excluding ortho intramolecular Hbond substituents is 1. The summed E-state index contributed by atoms with van der Waals surface area (Å²) in [5, 5.41) is 26.3. The number of amides is 1. The number of aromatic hydroxyl groups is 1. The first kappa shape index (κ1) is 18.2. The molecule has 2 aromatic rings. The van der Waals surface area contributed by atoms with Gasteiger partial charge in [0, 0.05) is 18.6 Å². The number of ether oxygens (including phenoxy) is 2. The molecule has 1 heterocycles. The third-order valence-electron chi connectivity index (χ3n) is 3.87. The number of hydrogen-bond donors (Lipinski definition) is 1. The van der Waals surface area contributed by atoms with Crippen molar-refractivity contribution in [3.05, 3.63) is 63.7 Å². The van der Waals surface area contributed by atoms with Crippen LogP contribution >= 0.6 is 0 Å². The van der Waals surface area contributed by atoms with E-state index < -0.39 is 17.1 Å². The van der Waals surface area contributed by atoms with Crippen LogP contribution in [0, 0.1) is 10.1 Å². The quantitative estimate of drug-likeness (QED) is 0.638. The van der Waals surface area contributed by atoms with Crippen LogP contribution < -0.4 is 4.74 Å². The molecule has 1 N–H and O–H groups in total. The molecular formula is C18H17N3O6. The minimum absolute atomic E-state index is 0.0338. The lowest BCUT2D eigenvalue weighted by Gasteiger charge is -2.20. The van der Waals surface area contributed by atoms with Crippen LogP contribution in [0.3, 0.4) is 0 Å². The van der Waals surface area contributed by atoms with Crippen LogP contribution in [0.2, 0.25) is 0 Å². The molecule has 0 radical (unpaired) electrons. The van der Waals surface area contributed by atoms with Crippen molar-refractivity contribution in [1.29, 1.82) is 0 Å². The van der Waals surface area contributed by atoms with E-state index in [1.807, 2.05) is 0 Å². The summed E-state index contributed by atoms with van der Waals surface area (Å²) >= 11 is 0. The second-order valence-corrected chi connectivity index (χ2v) is 5.67. The highest BCUT2D eigenvalue weighted by Crippen LogP contribution is 2.36. The van der Waals surface area contributed by atoms with E-state index in [2.05, 4.69) is 5.10 Å². The molecule has 0 fully saturated rings. The number of carbonyl (C=O) groups excluding carboxylic acids is 1. The van der Waals surface area contributed by atoms with E-state index in [1.165, 1.54) is 37.3 Å². The van der Waals surface area contributed by atoms with Gasteiger partial charge in [0.2, 0.25) is 18.0 Å². The van der Waals surface area contributed by atoms with Crippen molar-refractivity contribution in [3.63, 3.8) is 0 Å². The molecule has 1 unspecified atom stereocenters. The molecule has 2 aromatic carbocycles. The van der Waals surface area contributed by atoms with E-state index in [4.69, 9.17) is 9.47 Å². The number of rotatable bonds is 5. The van der Waals surface area contributed by atoms with Gasteiger partial charge in [-0.1, -0.05) is 12.1 Å². The van der Waals surface area contributed by atoms with E-state index in [1.54, 1.807) is 19.1 Å². The minimum atomic E-state index is -0.933. The zero-order chi connectivity index (χ0) is 19.6. The van der Waals surface area contributed by atoms with Crippen LogP contribution in [0.25, 0.3) is 0 Å². The Labute approximate surface area is 154 Å². The highest BCUT2D eigenvalue weighted by molar-refractivity contribution is 5.99. The lowest BCUT2D eigenvalue weighted by molar-refractivity contribution is -0.385. The van der Waals surface area contributed by atoms with Crippen molar-refractivity contribution in [3.8, 4) is 11.5 Å². The average molecular weight is 371 g/mol. The molecule has 27 heavy (non-hydrogen) atoms. The summed E-state index contributed by atoms with van der Waals surface area (Å²) in [5.41, 5.74) is 0.491. The first-order valence-electron chi connectivity index (χ1n) is 8.17. The zero-order valence-electron chi connectivity index (χ0n) is 14.7. The van der Waals surface area contributed by atoms with Crippen LogP contribution in [-0.4, -0.2) is 33.5 Å². The van der Waals surface area contributed by atoms with Crippen LogP contribution in [0.4, 0.5) is 5.69 Å². The summed E-state index contributed by atoms with van der Waals surface area (Å²) in [6.45, 7) is 3.43. The topological polar surface area (TPSA) is 114 Å². The summed E-state index contributed by atoms with van der Waals surface area (Å²) in [7, 11) is 0. The van der Waals surface area contributed by atoms with Gasteiger partial charge in [-0.15, -0.1) is 5.10 Å². The van der Waals surface area contributed by atoms with E-state index in [9.17, 15) is 20.0 Å². The molecule has 0 saturated heterocycles. The van der Waals surface area contributed by atoms with Crippen LogP contribution in [0.5, 0.6) is 11.5 Å². The Morgan fingerprint density at radius 3 is 2.78 bits per heavy atom. The van der Waals surface area contributed by atoms with Gasteiger partial charge in [-0.2, -0.15) is 5.01 Å². The largest absolute Gasteiger partial charge is 0.504 e. The number of benzene rings is 2. The molecule has 140 valence electrons. The fourth-order valence-electron chi connectivity index (χ4n) is 2.66. The van der Waals surface area contributed by atoms with Crippen molar-refractivity contribution in [2.75, 3.05) is 6.61 Å². The molecule has 0 aromatic heterocycles. The SMILES string of the molecule is CCOc1cc(C2OC(c3ccccc3[N+](=O)[O-])=NN2C(C)=O)ccc1O. The number of para-hydroxylation sites is 1. The van der Waals surface area contributed by atoms with Crippen molar-refractivity contribution in [2.24, 2.45) is 5.10 Å². The fourth-order valence-corrected chi connectivity index (χ4v) is 2.66. The molecule has 0 saturated carbocycles. The normalized spacial score (nSPS) is 15.9. The van der Waals surface area contributed by atoms with Crippen LogP contribution in [-0.2, 0) is 9.53 Å². The molecule has 1 atom stereocenters. The second-order valence-electron chi connectivity index (χ2n) is 5.67. The first-order chi connectivity index (χ1) is 12.9. The van der Waals surface area contributed by atoms with E-state index in [0.717, 1.165) is 5.01 Å². The Morgan fingerprint density at radius 1 is 1.37 bits per heavy atom. The lowest BCUT2D eigenvalue weighted by Crippen LogP contribution is -2.25. The van der Waals surface area contributed by atoms with Gasteiger partial charge >= 0.3 is 0 Å². The van der Waals surface area contributed by atoms with E-state index >= 15 is 0 Å². The number of nitrogens with zero attached hydrogens (tertiary/aromatic N) is 3. The first-order valence-corrected chi connectivity index (χ1v) is 8.17. The Kier molecular flexibility index (Phi) is 4.93. The maximum absolute atomic E-state index is 12.0. The standard InChI is InChI=1S/C18H17N3O6/c1-3-26-16-10-12(8-9-15(16)23)18-20(11(2)22)19-17(27-18)13-6-4-5-7-14(13)21(24)25/h4-10,18,23H,3H2,1-2H3. The van der Waals surface area contributed by atoms with E-state index in [0.29, 0.717) is 12.2 Å². The third-order valence-corrected chi connectivity index (χ3v) is 3.87. The molecule has 3 rings (SSSR count). The number of hydrogen-bond acceptors (Lipinski definition) is 7. The summed E-state index contributed by atoms with van der Waals surface area (Å²) in [6.07, 6.45) is -0.933. The predicted molar refractivity (Wildman–Crippen MR) is 95.3 cm³/mol. The van der Waals surface area contributed by atoms with Crippen LogP contribution in [0.1, 0.15) is 31.2 Å². The summed E-state index contributed by atoms with van der Waals surface area (Å²) in [6, 6.07) is 10.5. The Morgan fingerprint density at radius 2 is 2.11 bits per heavy atom. The monoisotopic (exact) mass is 371 g/mol. The molecule has 1 amide bonds. The molecule has 9 heteroatoms. The Hall–Kier alpha value is -3.62. The van der Waals surface area contributed by atoms with Gasteiger partial charge in [-0.3, -0.25) is 14.9 Å². The number of nitro benzene ring substituents is 1. The number of hydrazone groups is 1. The summed E-state index contributed by atoms with van der Waals surface area (Å²) in [5.74, 6) is -0.248. The molecule has 0 bridgehead atoms. The average Bonchev–Trinajstić information content (AvgIpc) is 3.09. The number of nitro groups is 1. The van der Waals surface area contributed by atoms with Crippen molar-refractivity contribution in [2.45, 2.75) is 20.1 Å². The predicted octanol–water partition coefficient (Wildman–Crippen LogP) is 2.94. The molecule has 0 aliphatic carbocycles. The highest BCUT2D eigenvalue weighted by Gasteiger charge is 2.35. The third kappa shape index (κ3) is 3.52. The smallest absolute Gasteiger partial charge is 0.282 e. The summed E-state index contributed by atoms with van der Waals surface area (Å²) < 4.78 is 11.1. The van der Waals surface area contributed by atoms with Gasteiger partial charge < -0.3 is 14.6 Å². The molecule has 1 aliphatic rings. The van der Waals surface area contributed by atoms with Gasteiger partial charge in [0.25, 0.3) is 5.69 Å². The molecule has 1 aliphatic heterocycles. The number of phenols is 1. The molecular weight excluding hydrogens is 354 g/mol. The van der Waals surface area contributed by atoms with Gasteiger partial charge in [-0.05, 0) is 31.2 Å². The van der Waals surface area contributed by atoms with Crippen molar-refractivity contribution in [1.82, 2.24) is 5.01 Å². The maximum atomic E-state index is 12.0. The van der Waals surface area contributed by atoms with Crippen LogP contribution in [0.15, 0.2) is 47.6 Å². The second kappa shape index (κ2) is 7.32. The van der Waals surface area contributed by atoms with Gasteiger partial charge in [0.05, 0.1) is 11.5 Å². The summed E-state index contributed by atoms with van der Waals surface area (Å²) in [4.78, 5) is 22.8. The fraction of sp³-hybridized carbons (Fsp3) is 0.222. The zero-order valence-corrected chi connectivity index (χ0v) is 14.7. The maximum Gasteiger partial charge on any atom is 0.282 e. The van der Waals surface area contributed by atoms with Gasteiger partial charge in [0.1, 0.15) is 5.56 Å². The van der Waals surface area contributed by atoms with Crippen molar-refractivity contribution < 1.29 is 24.3 Å². The highest BCUT2D eigenvalue weighted by atomic mass is 16.6. The Balaban J connectivity index is 2.00. The van der Waals surface area contributed by atoms with Gasteiger partial charge in [-0.25, -0.2) is 0 Å².